The van der Waals surface area contributed by atoms with E-state index in [1.165, 1.54) is 6.92 Å². The van der Waals surface area contributed by atoms with Crippen molar-refractivity contribution in [2.75, 3.05) is 0 Å². The van der Waals surface area contributed by atoms with Crippen molar-refractivity contribution in [1.29, 1.82) is 0 Å². The zero-order valence-electron chi connectivity index (χ0n) is 4.64. The number of aliphatic hydroxyl groups excluding tert-OH is 1. The summed E-state index contributed by atoms with van der Waals surface area (Å²) in [4.78, 5) is 10.4. The van der Waals surface area contributed by atoms with Gasteiger partial charge in [-0.1, -0.05) is 0 Å². The molecule has 1 N–H and O–H groups in total. The molecule has 42 valence electrons. The molecule has 0 aliphatic rings. The topological polar surface area (TPSA) is 37.3 Å². The second kappa shape index (κ2) is 3.12. The van der Waals surface area contributed by atoms with E-state index in [1.807, 2.05) is 0 Å². The highest BCUT2D eigenvalue weighted by Crippen LogP contribution is 1.76. The molecule has 0 saturated carbocycles. The van der Waals surface area contributed by atoms with Crippen LogP contribution in [0.1, 0.15) is 6.92 Å². The molecule has 0 fully saturated rings. The van der Waals surface area contributed by atoms with E-state index < -0.39 is 15.1 Å². The Morgan fingerprint density at radius 3 is 2.43 bits per heavy atom. The quantitative estimate of drug-likeness (QED) is 0.419. The van der Waals surface area contributed by atoms with E-state index in [0.29, 0.717) is 0 Å². The van der Waals surface area contributed by atoms with Crippen LogP contribution < -0.4 is 0 Å². The van der Waals surface area contributed by atoms with Gasteiger partial charge in [-0.2, -0.15) is 0 Å². The molecule has 0 heterocycles. The van der Waals surface area contributed by atoms with E-state index in [-0.39, 0.29) is 5.41 Å². The number of rotatable bonds is 2. The summed E-state index contributed by atoms with van der Waals surface area (Å²) in [5.41, 5.74) is 0. The minimum atomic E-state index is -0.677. The highest BCUT2D eigenvalue weighted by atomic mass is 29.1. The summed E-state index contributed by atoms with van der Waals surface area (Å²) in [6, 6.07) is 0. The summed E-state index contributed by atoms with van der Waals surface area (Å²) < 4.78 is 0. The molecule has 1 unspecified atom stereocenters. The third-order valence-corrected chi connectivity index (χ3v) is 4.19. The van der Waals surface area contributed by atoms with Gasteiger partial charge in [-0.3, -0.25) is 0 Å². The molecule has 0 radical (unpaired) electrons. The third-order valence-electron chi connectivity index (χ3n) is 0.814. The van der Waals surface area contributed by atoms with E-state index >= 15 is 0 Å². The van der Waals surface area contributed by atoms with Crippen molar-refractivity contribution in [1.82, 2.24) is 0 Å². The average Bonchev–Trinajstić information content (AvgIpc) is 1.65. The molecule has 0 amide bonds. The van der Waals surface area contributed by atoms with Gasteiger partial charge in [0.05, 0.1) is 9.04 Å². The summed E-state index contributed by atoms with van der Waals surface area (Å²) in [7, 11) is 0.541. The Morgan fingerprint density at radius 2 is 2.43 bits per heavy atom. The Labute approximate surface area is 48.0 Å². The van der Waals surface area contributed by atoms with Gasteiger partial charge in [0.1, 0.15) is 11.5 Å². The summed E-state index contributed by atoms with van der Waals surface area (Å²) >= 11 is 0. The maximum atomic E-state index is 10.4. The van der Waals surface area contributed by atoms with Gasteiger partial charge in [0.15, 0.2) is 0 Å². The fourth-order valence-electron chi connectivity index (χ4n) is 0.295. The van der Waals surface area contributed by atoms with Gasteiger partial charge in [0.2, 0.25) is 0 Å². The predicted octanol–water partition coefficient (Wildman–Crippen LogP) is -2.66. The average molecular weight is 134 g/mol. The monoisotopic (exact) mass is 134 g/mol. The van der Waals surface area contributed by atoms with Crippen molar-refractivity contribution in [3.05, 3.63) is 0 Å². The smallest absolute Gasteiger partial charge is 0.128 e. The van der Waals surface area contributed by atoms with Crippen LogP contribution in [0.4, 0.5) is 0 Å². The van der Waals surface area contributed by atoms with Crippen molar-refractivity contribution < 1.29 is 9.90 Å². The largest absolute Gasteiger partial charge is 0.386 e. The minimum Gasteiger partial charge on any atom is -0.386 e. The Bertz CT molecular complexity index is 71.3. The van der Waals surface area contributed by atoms with Crippen LogP contribution in [0.25, 0.3) is 0 Å². The fourth-order valence-corrected chi connectivity index (χ4v) is 2.66. The lowest BCUT2D eigenvalue weighted by Gasteiger charge is -1.95. The number of hydrogen-bond acceptors (Lipinski definition) is 2. The molecule has 0 aromatic heterocycles. The highest BCUT2D eigenvalue weighted by Gasteiger charge is 2.02. The summed E-state index contributed by atoms with van der Waals surface area (Å²) in [6.45, 7) is 1.53. The van der Waals surface area contributed by atoms with Gasteiger partial charge < -0.3 is 9.90 Å². The first-order valence-electron chi connectivity index (χ1n) is 2.39. The lowest BCUT2D eigenvalue weighted by Crippen LogP contribution is -2.22. The SMILES string of the molecule is CC(O)C(=O)[SiH2][SiH3]. The predicted molar refractivity (Wildman–Crippen MR) is 35.2 cm³/mol. The number of aliphatic hydroxyl groups is 1. The molecule has 0 saturated heterocycles. The molecular formula is C3H10O2Si2. The van der Waals surface area contributed by atoms with E-state index in [1.54, 1.807) is 0 Å². The molecule has 7 heavy (non-hydrogen) atoms. The first-order chi connectivity index (χ1) is 3.18. The van der Waals surface area contributed by atoms with Crippen LogP contribution in [0.3, 0.4) is 0 Å². The van der Waals surface area contributed by atoms with Crippen LogP contribution in [0, 0.1) is 0 Å². The summed E-state index contributed by atoms with van der Waals surface area (Å²) in [6.07, 6.45) is -0.677. The molecule has 2 nitrogen and oxygen atoms in total. The Balaban J connectivity index is 3.35. The maximum absolute atomic E-state index is 10.4. The molecule has 0 bridgehead atoms. The fraction of sp³-hybridized carbons (Fsp3) is 0.667. The van der Waals surface area contributed by atoms with Crippen LogP contribution in [0.5, 0.6) is 0 Å². The van der Waals surface area contributed by atoms with E-state index in [2.05, 4.69) is 0 Å². The third kappa shape index (κ3) is 2.72. The van der Waals surface area contributed by atoms with Crippen LogP contribution >= 0.6 is 0 Å². The van der Waals surface area contributed by atoms with Gasteiger partial charge in [-0.15, -0.1) is 0 Å². The number of carbonyl (C=O) groups excluding carboxylic acids is 1. The van der Waals surface area contributed by atoms with Crippen LogP contribution in [0.15, 0.2) is 0 Å². The van der Waals surface area contributed by atoms with Crippen molar-refractivity contribution in [2.24, 2.45) is 0 Å². The lowest BCUT2D eigenvalue weighted by molar-refractivity contribution is -0.118. The molecule has 0 aromatic carbocycles. The van der Waals surface area contributed by atoms with Gasteiger partial charge >= 0.3 is 0 Å². The molecule has 0 aromatic rings. The second-order valence-corrected chi connectivity index (χ2v) is 5.02. The van der Waals surface area contributed by atoms with Crippen LogP contribution in [0.2, 0.25) is 0 Å². The van der Waals surface area contributed by atoms with Gasteiger partial charge in [0.25, 0.3) is 0 Å². The zero-order valence-corrected chi connectivity index (χ0v) is 8.05. The first-order valence-corrected chi connectivity index (χ1v) is 8.75. The van der Waals surface area contributed by atoms with E-state index in [4.69, 9.17) is 5.11 Å². The lowest BCUT2D eigenvalue weighted by atomic mass is 10.5. The highest BCUT2D eigenvalue weighted by molar-refractivity contribution is 7.08. The van der Waals surface area contributed by atoms with E-state index in [0.717, 1.165) is 9.76 Å². The van der Waals surface area contributed by atoms with Gasteiger partial charge in [0, 0.05) is 9.76 Å². The molecule has 4 heteroatoms. The van der Waals surface area contributed by atoms with E-state index in [9.17, 15) is 4.79 Å². The molecule has 0 aliphatic heterocycles. The Kier molecular flexibility index (Phi) is 3.14. The minimum absolute atomic E-state index is 0.103. The van der Waals surface area contributed by atoms with Gasteiger partial charge in [-0.25, -0.2) is 0 Å². The number of carbonyl (C=O) groups is 1. The zero-order chi connectivity index (χ0) is 5.86. The maximum Gasteiger partial charge on any atom is 0.128 e. The van der Waals surface area contributed by atoms with Crippen molar-refractivity contribution in [3.8, 4) is 0 Å². The molecule has 0 spiro atoms. The Hall–Kier alpha value is 0.0638. The Morgan fingerprint density at radius 1 is 2.00 bits per heavy atom. The van der Waals surface area contributed by atoms with Crippen molar-refractivity contribution >= 4 is 24.2 Å². The normalized spacial score (nSPS) is 15.7. The molecular weight excluding hydrogens is 124 g/mol. The number of hydrogen-bond donors (Lipinski definition) is 1. The molecule has 0 rings (SSSR count). The first kappa shape index (κ1) is 7.06. The van der Waals surface area contributed by atoms with Crippen molar-refractivity contribution in [3.63, 3.8) is 0 Å². The standard InChI is InChI=1S/C3H10O2Si2/c1-2(4)3(5)7-6/h2,4H,7H2,1,6H3. The molecule has 1 atom stereocenters. The summed E-state index contributed by atoms with van der Waals surface area (Å²) in [5.74, 6) is 0. The van der Waals surface area contributed by atoms with Crippen LogP contribution in [-0.4, -0.2) is 35.4 Å². The molecule has 0 aliphatic carbocycles. The van der Waals surface area contributed by atoms with Gasteiger partial charge in [-0.05, 0) is 6.92 Å². The van der Waals surface area contributed by atoms with Crippen molar-refractivity contribution in [2.45, 2.75) is 13.0 Å². The van der Waals surface area contributed by atoms with Crippen LogP contribution in [-0.2, 0) is 4.79 Å². The second-order valence-electron chi connectivity index (χ2n) is 1.50. The summed E-state index contributed by atoms with van der Waals surface area (Å²) in [5, 5.41) is 8.63.